The molecule has 0 unspecified atom stereocenters. The van der Waals surface area contributed by atoms with Crippen LogP contribution in [0.3, 0.4) is 0 Å². The zero-order chi connectivity index (χ0) is 20.8. The van der Waals surface area contributed by atoms with E-state index in [0.29, 0.717) is 34.3 Å². The van der Waals surface area contributed by atoms with Crippen LogP contribution in [0.15, 0.2) is 24.3 Å². The van der Waals surface area contributed by atoms with Gasteiger partial charge in [-0.25, -0.2) is 0 Å². The van der Waals surface area contributed by atoms with Gasteiger partial charge in [-0.1, -0.05) is 6.08 Å². The van der Waals surface area contributed by atoms with Crippen molar-refractivity contribution in [3.8, 4) is 28.7 Å². The molecule has 0 amide bonds. The van der Waals surface area contributed by atoms with Gasteiger partial charge in [0.1, 0.15) is 11.5 Å². The number of allylic oxidation sites excluding steroid dienone is 1. The number of hydrogen-bond acceptors (Lipinski definition) is 6. The molecular formula is C22H26O6. The highest BCUT2D eigenvalue weighted by Gasteiger charge is 2.18. The number of carbonyl (C=O) groups is 1. The smallest absolute Gasteiger partial charge is 0.203 e. The number of rotatable bonds is 8. The highest BCUT2D eigenvalue weighted by molar-refractivity contribution is 6.09. The van der Waals surface area contributed by atoms with Gasteiger partial charge in [0.2, 0.25) is 5.75 Å². The summed E-state index contributed by atoms with van der Waals surface area (Å²) in [5.41, 5.74) is 2.87. The normalized spacial score (nSPS) is 10.7. The molecule has 2 aromatic carbocycles. The van der Waals surface area contributed by atoms with E-state index in [-0.39, 0.29) is 5.78 Å². The van der Waals surface area contributed by atoms with Crippen LogP contribution in [0.4, 0.5) is 0 Å². The van der Waals surface area contributed by atoms with E-state index in [0.717, 1.165) is 16.7 Å². The summed E-state index contributed by atoms with van der Waals surface area (Å²) in [5.74, 6) is 2.56. The summed E-state index contributed by atoms with van der Waals surface area (Å²) in [6.07, 6.45) is 3.19. The van der Waals surface area contributed by atoms with Crippen molar-refractivity contribution in [2.45, 2.75) is 13.8 Å². The van der Waals surface area contributed by atoms with Gasteiger partial charge in [0, 0.05) is 5.56 Å². The fourth-order valence-electron chi connectivity index (χ4n) is 3.17. The average molecular weight is 386 g/mol. The fourth-order valence-corrected chi connectivity index (χ4v) is 3.17. The van der Waals surface area contributed by atoms with Crippen molar-refractivity contribution in [2.75, 3.05) is 35.5 Å². The average Bonchev–Trinajstić information content (AvgIpc) is 2.70. The second kappa shape index (κ2) is 9.17. The number of ketones is 1. The Labute approximate surface area is 165 Å². The van der Waals surface area contributed by atoms with Gasteiger partial charge in [0.15, 0.2) is 17.3 Å². The van der Waals surface area contributed by atoms with E-state index in [1.807, 2.05) is 13.8 Å². The third kappa shape index (κ3) is 4.06. The van der Waals surface area contributed by atoms with E-state index in [1.54, 1.807) is 52.7 Å². The van der Waals surface area contributed by atoms with Gasteiger partial charge < -0.3 is 23.7 Å². The van der Waals surface area contributed by atoms with Crippen LogP contribution in [0.2, 0.25) is 0 Å². The lowest BCUT2D eigenvalue weighted by atomic mass is 10.00. The van der Waals surface area contributed by atoms with E-state index in [9.17, 15) is 4.79 Å². The SMILES string of the molecule is COc1cc(/C=C/C(=O)c2cc(C)c(OC)c(C)c2OC)cc(OC)c1OC. The minimum Gasteiger partial charge on any atom is -0.496 e. The van der Waals surface area contributed by atoms with Gasteiger partial charge in [0.25, 0.3) is 0 Å². The molecule has 28 heavy (non-hydrogen) atoms. The van der Waals surface area contributed by atoms with Crippen molar-refractivity contribution >= 4 is 11.9 Å². The lowest BCUT2D eigenvalue weighted by Gasteiger charge is -2.15. The molecule has 2 aromatic rings. The van der Waals surface area contributed by atoms with E-state index < -0.39 is 0 Å². The van der Waals surface area contributed by atoms with Crippen molar-refractivity contribution in [2.24, 2.45) is 0 Å². The number of hydrogen-bond donors (Lipinski definition) is 0. The lowest BCUT2D eigenvalue weighted by Crippen LogP contribution is -2.04. The predicted molar refractivity (Wildman–Crippen MR) is 108 cm³/mol. The summed E-state index contributed by atoms with van der Waals surface area (Å²) in [6.45, 7) is 3.76. The first-order valence-electron chi connectivity index (χ1n) is 8.66. The molecule has 0 atom stereocenters. The van der Waals surface area contributed by atoms with Crippen molar-refractivity contribution in [1.29, 1.82) is 0 Å². The lowest BCUT2D eigenvalue weighted by molar-refractivity contribution is 0.104. The van der Waals surface area contributed by atoms with Crippen LogP contribution < -0.4 is 23.7 Å². The third-order valence-corrected chi connectivity index (χ3v) is 4.43. The Kier molecular flexibility index (Phi) is 6.93. The minimum absolute atomic E-state index is 0.181. The first kappa shape index (κ1) is 21.2. The molecule has 6 nitrogen and oxygen atoms in total. The maximum atomic E-state index is 12.8. The molecule has 0 saturated heterocycles. The molecule has 6 heteroatoms. The zero-order valence-corrected chi connectivity index (χ0v) is 17.3. The summed E-state index contributed by atoms with van der Waals surface area (Å²) >= 11 is 0. The van der Waals surface area contributed by atoms with Gasteiger partial charge in [-0.15, -0.1) is 0 Å². The standard InChI is InChI=1S/C22H26O6/c1-13-10-16(21(27-6)14(2)20(13)26-5)17(23)9-8-15-11-18(24-3)22(28-7)19(12-15)25-4/h8-12H,1-7H3/b9-8+. The second-order valence-electron chi connectivity index (χ2n) is 6.09. The van der Waals surface area contributed by atoms with Crippen molar-refractivity contribution in [3.63, 3.8) is 0 Å². The van der Waals surface area contributed by atoms with Crippen LogP contribution in [0, 0.1) is 13.8 Å². The van der Waals surface area contributed by atoms with Crippen molar-refractivity contribution < 1.29 is 28.5 Å². The quantitative estimate of drug-likeness (QED) is 0.499. The number of methoxy groups -OCH3 is 5. The molecule has 2 rings (SSSR count). The summed E-state index contributed by atoms with van der Waals surface area (Å²) in [4.78, 5) is 12.8. The summed E-state index contributed by atoms with van der Waals surface area (Å²) in [6, 6.07) is 5.31. The highest BCUT2D eigenvalue weighted by atomic mass is 16.5. The van der Waals surface area contributed by atoms with Crippen LogP contribution in [0.5, 0.6) is 28.7 Å². The van der Waals surface area contributed by atoms with Crippen LogP contribution in [0.25, 0.3) is 6.08 Å². The molecule has 0 spiro atoms. The van der Waals surface area contributed by atoms with Gasteiger partial charge in [-0.3, -0.25) is 4.79 Å². The Morgan fingerprint density at radius 3 is 1.75 bits per heavy atom. The van der Waals surface area contributed by atoms with E-state index in [2.05, 4.69) is 0 Å². The van der Waals surface area contributed by atoms with E-state index in [4.69, 9.17) is 23.7 Å². The summed E-state index contributed by atoms with van der Waals surface area (Å²) in [7, 11) is 7.77. The molecule has 0 radical (unpaired) electrons. The largest absolute Gasteiger partial charge is 0.496 e. The second-order valence-corrected chi connectivity index (χ2v) is 6.09. The van der Waals surface area contributed by atoms with Gasteiger partial charge in [-0.2, -0.15) is 0 Å². The van der Waals surface area contributed by atoms with Crippen LogP contribution in [0.1, 0.15) is 27.0 Å². The molecule has 0 aliphatic rings. The fraction of sp³-hybridized carbons (Fsp3) is 0.318. The molecule has 0 saturated carbocycles. The number of carbonyl (C=O) groups excluding carboxylic acids is 1. The molecule has 0 heterocycles. The van der Waals surface area contributed by atoms with E-state index >= 15 is 0 Å². The van der Waals surface area contributed by atoms with Crippen molar-refractivity contribution in [3.05, 3.63) is 46.5 Å². The third-order valence-electron chi connectivity index (χ3n) is 4.43. The first-order chi connectivity index (χ1) is 13.4. The Morgan fingerprint density at radius 2 is 1.29 bits per heavy atom. The Balaban J connectivity index is 2.44. The monoisotopic (exact) mass is 386 g/mol. The predicted octanol–water partition coefficient (Wildman–Crippen LogP) is 4.24. The van der Waals surface area contributed by atoms with Gasteiger partial charge in [0.05, 0.1) is 41.1 Å². The topological polar surface area (TPSA) is 63.2 Å². The zero-order valence-electron chi connectivity index (χ0n) is 17.3. The minimum atomic E-state index is -0.181. The number of aryl methyl sites for hydroxylation is 1. The molecule has 0 aliphatic heterocycles. The van der Waals surface area contributed by atoms with E-state index in [1.165, 1.54) is 13.2 Å². The van der Waals surface area contributed by atoms with Crippen LogP contribution in [-0.2, 0) is 0 Å². The van der Waals surface area contributed by atoms with Crippen molar-refractivity contribution in [1.82, 2.24) is 0 Å². The molecule has 0 bridgehead atoms. The van der Waals surface area contributed by atoms with Gasteiger partial charge >= 0.3 is 0 Å². The maximum Gasteiger partial charge on any atom is 0.203 e. The number of ether oxygens (including phenoxy) is 5. The Hall–Kier alpha value is -3.15. The maximum absolute atomic E-state index is 12.8. The summed E-state index contributed by atoms with van der Waals surface area (Å²) < 4.78 is 26.9. The Morgan fingerprint density at radius 1 is 0.750 bits per heavy atom. The molecule has 0 aliphatic carbocycles. The molecule has 0 N–H and O–H groups in total. The molecule has 150 valence electrons. The highest BCUT2D eigenvalue weighted by Crippen LogP contribution is 2.39. The molecule has 0 aromatic heterocycles. The molecule has 0 fully saturated rings. The van der Waals surface area contributed by atoms with Crippen LogP contribution >= 0.6 is 0 Å². The summed E-state index contributed by atoms with van der Waals surface area (Å²) in [5, 5.41) is 0. The Bertz CT molecular complexity index is 873. The number of benzene rings is 2. The first-order valence-corrected chi connectivity index (χ1v) is 8.66. The van der Waals surface area contributed by atoms with Gasteiger partial charge in [-0.05, 0) is 49.2 Å². The van der Waals surface area contributed by atoms with Crippen LogP contribution in [-0.4, -0.2) is 41.3 Å². The molecular weight excluding hydrogens is 360 g/mol.